The molecule has 0 aliphatic carbocycles. The summed E-state index contributed by atoms with van der Waals surface area (Å²) in [5, 5.41) is 0. The molecule has 0 N–H and O–H groups in total. The molecule has 1 atom stereocenters. The highest BCUT2D eigenvalue weighted by molar-refractivity contribution is 7.85. The van der Waals surface area contributed by atoms with Gasteiger partial charge in [-0.05, 0) is 47.6 Å². The van der Waals surface area contributed by atoms with E-state index in [1.165, 1.54) is 6.92 Å². The highest BCUT2D eigenvalue weighted by Gasteiger charge is 2.19. The lowest BCUT2D eigenvalue weighted by Crippen LogP contribution is -2.19. The van der Waals surface area contributed by atoms with Crippen LogP contribution in [0.1, 0.15) is 56.1 Å². The van der Waals surface area contributed by atoms with E-state index in [4.69, 9.17) is 4.74 Å². The highest BCUT2D eigenvalue weighted by atomic mass is 32.2. The summed E-state index contributed by atoms with van der Waals surface area (Å²) >= 11 is 0. The molecule has 0 unspecified atom stereocenters. The number of ether oxygens (including phenoxy) is 1. The Hall–Kier alpha value is -1.49. The first-order chi connectivity index (χ1) is 9.68. The molecule has 1 aromatic rings. The third-order valence-corrected chi connectivity index (χ3v) is 4.27. The van der Waals surface area contributed by atoms with E-state index in [9.17, 15) is 9.00 Å². The van der Waals surface area contributed by atoms with E-state index in [0.717, 1.165) is 11.1 Å². The predicted octanol–water partition coefficient (Wildman–Crippen LogP) is 3.48. The summed E-state index contributed by atoms with van der Waals surface area (Å²) in [7, 11) is -1.31. The molecular formula is C16H23NO3S. The minimum absolute atomic E-state index is 0.0386. The van der Waals surface area contributed by atoms with Crippen molar-refractivity contribution < 1.29 is 13.7 Å². The summed E-state index contributed by atoms with van der Waals surface area (Å²) in [6.45, 7) is 11.4. The minimum Gasteiger partial charge on any atom is -0.493 e. The zero-order valence-electron chi connectivity index (χ0n) is 13.5. The molecule has 4 nitrogen and oxygen atoms in total. The van der Waals surface area contributed by atoms with Crippen LogP contribution in [0, 0.1) is 6.92 Å². The molecule has 0 saturated carbocycles. The van der Waals surface area contributed by atoms with Gasteiger partial charge in [0.15, 0.2) is 5.78 Å². The van der Waals surface area contributed by atoms with Crippen LogP contribution in [0.2, 0.25) is 0 Å². The number of nitrogens with zero attached hydrogens (tertiary/aromatic N) is 1. The van der Waals surface area contributed by atoms with E-state index < -0.39 is 15.7 Å². The first-order valence-electron chi connectivity index (χ1n) is 6.91. The molecule has 0 fully saturated rings. The standard InChI is InChI=1S/C16H23NO3S/c1-7-20-15-11(2)13(8-9-14(15)12(3)18)10-17-21(19)16(4,5)6/h8-10H,7H2,1-6H3/b17-10+/t21-/m0/s1. The molecule has 0 spiro atoms. The molecule has 0 saturated heterocycles. The van der Waals surface area contributed by atoms with E-state index >= 15 is 0 Å². The maximum absolute atomic E-state index is 12.0. The largest absolute Gasteiger partial charge is 0.493 e. The van der Waals surface area contributed by atoms with Gasteiger partial charge < -0.3 is 4.74 Å². The van der Waals surface area contributed by atoms with Crippen molar-refractivity contribution in [3.05, 3.63) is 28.8 Å². The number of rotatable bonds is 5. The second-order valence-corrected chi connectivity index (χ2v) is 7.68. The van der Waals surface area contributed by atoms with Gasteiger partial charge in [-0.25, -0.2) is 4.21 Å². The maximum atomic E-state index is 12.0. The lowest BCUT2D eigenvalue weighted by molar-refractivity contribution is 0.101. The number of ketones is 1. The first kappa shape index (κ1) is 17.6. The molecule has 21 heavy (non-hydrogen) atoms. The molecular weight excluding hydrogens is 286 g/mol. The zero-order chi connectivity index (χ0) is 16.2. The molecule has 0 bridgehead atoms. The van der Waals surface area contributed by atoms with Gasteiger partial charge in [-0.3, -0.25) is 4.79 Å². The van der Waals surface area contributed by atoms with Crippen LogP contribution in [-0.2, 0) is 11.0 Å². The number of hydrogen-bond donors (Lipinski definition) is 0. The molecule has 0 amide bonds. The van der Waals surface area contributed by atoms with E-state index in [1.807, 2.05) is 34.6 Å². The SMILES string of the molecule is CCOc1c(C(C)=O)ccc(/C=N/[S@@](=O)C(C)(C)C)c1C. The normalized spacial score (nSPS) is 13.4. The van der Waals surface area contributed by atoms with Crippen LogP contribution >= 0.6 is 0 Å². The second kappa shape index (κ2) is 6.98. The van der Waals surface area contributed by atoms with Crippen molar-refractivity contribution in [1.82, 2.24) is 0 Å². The van der Waals surface area contributed by atoms with Crippen molar-refractivity contribution in [2.24, 2.45) is 4.40 Å². The van der Waals surface area contributed by atoms with Crippen LogP contribution in [-0.4, -0.2) is 27.6 Å². The van der Waals surface area contributed by atoms with Gasteiger partial charge in [0, 0.05) is 17.3 Å². The summed E-state index contributed by atoms with van der Waals surface area (Å²) in [5.41, 5.74) is 2.20. The Labute approximate surface area is 129 Å². The van der Waals surface area contributed by atoms with Gasteiger partial charge in [0.1, 0.15) is 16.7 Å². The van der Waals surface area contributed by atoms with Gasteiger partial charge in [-0.2, -0.15) is 4.40 Å². The fourth-order valence-electron chi connectivity index (χ4n) is 1.72. The van der Waals surface area contributed by atoms with Crippen LogP contribution in [0.25, 0.3) is 0 Å². The zero-order valence-corrected chi connectivity index (χ0v) is 14.3. The number of carbonyl (C=O) groups is 1. The lowest BCUT2D eigenvalue weighted by Gasteiger charge is -2.14. The number of carbonyl (C=O) groups excluding carboxylic acids is 1. The van der Waals surface area contributed by atoms with Gasteiger partial charge >= 0.3 is 0 Å². The Kier molecular flexibility index (Phi) is 5.84. The number of hydrogen-bond acceptors (Lipinski definition) is 3. The van der Waals surface area contributed by atoms with E-state index in [1.54, 1.807) is 18.3 Å². The van der Waals surface area contributed by atoms with E-state index in [0.29, 0.717) is 17.9 Å². The molecule has 116 valence electrons. The fraction of sp³-hybridized carbons (Fsp3) is 0.500. The smallest absolute Gasteiger partial charge is 0.163 e. The Morgan fingerprint density at radius 3 is 2.48 bits per heavy atom. The molecule has 1 rings (SSSR count). The van der Waals surface area contributed by atoms with Crippen LogP contribution in [0.5, 0.6) is 5.75 Å². The Morgan fingerprint density at radius 1 is 1.38 bits per heavy atom. The fourth-order valence-corrected chi connectivity index (χ4v) is 2.24. The molecule has 0 aromatic heterocycles. The first-order valence-corrected chi connectivity index (χ1v) is 8.02. The molecule has 0 aliphatic rings. The quantitative estimate of drug-likeness (QED) is 0.618. The minimum atomic E-state index is -1.31. The number of Topliss-reactive ketones (excluding diaryl/α,β-unsaturated/α-hetero) is 1. The van der Waals surface area contributed by atoms with Crippen LogP contribution in [0.15, 0.2) is 16.5 Å². The van der Waals surface area contributed by atoms with Gasteiger partial charge in [-0.1, -0.05) is 6.07 Å². The van der Waals surface area contributed by atoms with Crippen molar-refractivity contribution in [2.75, 3.05) is 6.61 Å². The lowest BCUT2D eigenvalue weighted by atomic mass is 10.0. The van der Waals surface area contributed by atoms with Gasteiger partial charge in [0.25, 0.3) is 0 Å². The number of benzene rings is 1. The molecule has 0 radical (unpaired) electrons. The Morgan fingerprint density at radius 2 is 2.00 bits per heavy atom. The summed E-state index contributed by atoms with van der Waals surface area (Å²) in [5.74, 6) is 0.541. The molecule has 1 aromatic carbocycles. The van der Waals surface area contributed by atoms with Crippen LogP contribution < -0.4 is 4.74 Å². The molecule has 0 aliphatic heterocycles. The van der Waals surface area contributed by atoms with Crippen LogP contribution in [0.4, 0.5) is 0 Å². The van der Waals surface area contributed by atoms with Gasteiger partial charge in [-0.15, -0.1) is 0 Å². The van der Waals surface area contributed by atoms with Crippen molar-refractivity contribution in [3.63, 3.8) is 0 Å². The summed E-state index contributed by atoms with van der Waals surface area (Å²) in [6, 6.07) is 3.53. The Balaban J connectivity index is 3.22. The monoisotopic (exact) mass is 309 g/mol. The predicted molar refractivity (Wildman–Crippen MR) is 87.8 cm³/mol. The average Bonchev–Trinajstić information content (AvgIpc) is 2.38. The van der Waals surface area contributed by atoms with E-state index in [2.05, 4.69) is 4.40 Å². The second-order valence-electron chi connectivity index (χ2n) is 5.74. The summed E-state index contributed by atoms with van der Waals surface area (Å²) < 4.78 is 21.3. The van der Waals surface area contributed by atoms with Crippen LogP contribution in [0.3, 0.4) is 0 Å². The average molecular weight is 309 g/mol. The van der Waals surface area contributed by atoms with Crippen molar-refractivity contribution in [2.45, 2.75) is 46.3 Å². The van der Waals surface area contributed by atoms with Gasteiger partial charge in [0.05, 0.1) is 16.9 Å². The van der Waals surface area contributed by atoms with Crippen molar-refractivity contribution in [3.8, 4) is 5.75 Å². The maximum Gasteiger partial charge on any atom is 0.163 e. The van der Waals surface area contributed by atoms with Crippen molar-refractivity contribution >= 4 is 23.0 Å². The molecule has 5 heteroatoms. The summed E-state index contributed by atoms with van der Waals surface area (Å²) in [6.07, 6.45) is 1.59. The van der Waals surface area contributed by atoms with E-state index in [-0.39, 0.29) is 5.78 Å². The topological polar surface area (TPSA) is 55.7 Å². The Bertz CT molecular complexity index is 586. The third kappa shape index (κ3) is 4.49. The molecule has 0 heterocycles. The highest BCUT2D eigenvalue weighted by Crippen LogP contribution is 2.27. The van der Waals surface area contributed by atoms with Crippen molar-refractivity contribution in [1.29, 1.82) is 0 Å². The van der Waals surface area contributed by atoms with Gasteiger partial charge in [0.2, 0.25) is 0 Å². The summed E-state index contributed by atoms with van der Waals surface area (Å²) in [4.78, 5) is 11.6. The third-order valence-electron chi connectivity index (χ3n) is 2.93.